The molecule has 1 N–H and O–H groups in total. The fourth-order valence-corrected chi connectivity index (χ4v) is 2.13. The highest BCUT2D eigenvalue weighted by molar-refractivity contribution is 5.55. The van der Waals surface area contributed by atoms with Crippen LogP contribution in [0.4, 0.5) is 0 Å². The van der Waals surface area contributed by atoms with Crippen LogP contribution in [0.3, 0.4) is 0 Å². The highest BCUT2D eigenvalue weighted by Crippen LogP contribution is 2.34. The van der Waals surface area contributed by atoms with Crippen molar-refractivity contribution < 1.29 is 0 Å². The standard InChI is InChI=1S/C13H21N3/c1-2-16-10-7-13(12-15,8-11-16)6-4-3-5-9-14/h3-4,9,14H,2,5-8,10-11H2,1H3. The van der Waals surface area contributed by atoms with Crippen LogP contribution in [-0.2, 0) is 0 Å². The monoisotopic (exact) mass is 219 g/mol. The number of piperidine rings is 1. The first-order valence-corrected chi connectivity index (χ1v) is 6.04. The van der Waals surface area contributed by atoms with Gasteiger partial charge in [-0.1, -0.05) is 19.1 Å². The van der Waals surface area contributed by atoms with Crippen LogP contribution in [0.2, 0.25) is 0 Å². The zero-order valence-corrected chi connectivity index (χ0v) is 10.1. The van der Waals surface area contributed by atoms with Gasteiger partial charge in [0.2, 0.25) is 0 Å². The van der Waals surface area contributed by atoms with Gasteiger partial charge in [-0.2, -0.15) is 5.26 Å². The van der Waals surface area contributed by atoms with Crippen molar-refractivity contribution in [3.8, 4) is 6.07 Å². The average molecular weight is 219 g/mol. The Bertz CT molecular complexity index is 280. The van der Waals surface area contributed by atoms with Crippen LogP contribution in [0.5, 0.6) is 0 Å². The lowest BCUT2D eigenvalue weighted by Crippen LogP contribution is -2.39. The summed E-state index contributed by atoms with van der Waals surface area (Å²) in [5, 5.41) is 16.2. The molecule has 0 aliphatic carbocycles. The first-order chi connectivity index (χ1) is 7.76. The third kappa shape index (κ3) is 3.46. The van der Waals surface area contributed by atoms with E-state index in [0.29, 0.717) is 6.42 Å². The van der Waals surface area contributed by atoms with Gasteiger partial charge in [-0.3, -0.25) is 0 Å². The van der Waals surface area contributed by atoms with Crippen molar-refractivity contribution >= 4 is 6.21 Å². The molecule has 0 radical (unpaired) electrons. The molecule has 1 heterocycles. The normalized spacial score (nSPS) is 20.8. The van der Waals surface area contributed by atoms with E-state index in [1.807, 2.05) is 6.08 Å². The molecule has 0 aromatic carbocycles. The summed E-state index contributed by atoms with van der Waals surface area (Å²) in [5.41, 5.74) is -0.149. The molecule has 1 aliphatic rings. The van der Waals surface area contributed by atoms with Gasteiger partial charge in [-0.15, -0.1) is 0 Å². The number of hydrogen-bond donors (Lipinski definition) is 1. The lowest BCUT2D eigenvalue weighted by molar-refractivity contribution is 0.152. The van der Waals surface area contributed by atoms with Crippen molar-refractivity contribution in [1.29, 1.82) is 10.7 Å². The fraction of sp³-hybridized carbons (Fsp3) is 0.692. The Morgan fingerprint density at radius 2 is 2.06 bits per heavy atom. The Hall–Kier alpha value is -1.14. The second kappa shape index (κ2) is 6.44. The Labute approximate surface area is 98.3 Å². The lowest BCUT2D eigenvalue weighted by atomic mass is 9.77. The maximum atomic E-state index is 9.31. The highest BCUT2D eigenvalue weighted by atomic mass is 15.1. The molecule has 0 aromatic rings. The van der Waals surface area contributed by atoms with Gasteiger partial charge >= 0.3 is 0 Å². The predicted molar refractivity (Wildman–Crippen MR) is 66.6 cm³/mol. The number of nitrogens with zero attached hydrogens (tertiary/aromatic N) is 2. The lowest BCUT2D eigenvalue weighted by Gasteiger charge is -2.36. The maximum absolute atomic E-state index is 9.31. The van der Waals surface area contributed by atoms with Crippen LogP contribution in [0.1, 0.15) is 32.6 Å². The summed E-state index contributed by atoms with van der Waals surface area (Å²) < 4.78 is 0. The van der Waals surface area contributed by atoms with Gasteiger partial charge in [0, 0.05) is 0 Å². The van der Waals surface area contributed by atoms with Crippen LogP contribution in [0, 0.1) is 22.2 Å². The Kier molecular flexibility index (Phi) is 5.21. The summed E-state index contributed by atoms with van der Waals surface area (Å²) in [6.45, 7) is 5.35. The molecular weight excluding hydrogens is 198 g/mol. The zero-order valence-electron chi connectivity index (χ0n) is 10.1. The maximum Gasteiger partial charge on any atom is 0.0694 e. The molecule has 88 valence electrons. The third-order valence-corrected chi connectivity index (χ3v) is 3.43. The van der Waals surface area contributed by atoms with Gasteiger partial charge in [0.15, 0.2) is 0 Å². The molecule has 0 amide bonds. The molecule has 1 saturated heterocycles. The smallest absolute Gasteiger partial charge is 0.0694 e. The highest BCUT2D eigenvalue weighted by Gasteiger charge is 2.32. The van der Waals surface area contributed by atoms with Crippen LogP contribution < -0.4 is 0 Å². The van der Waals surface area contributed by atoms with Crippen LogP contribution >= 0.6 is 0 Å². The van der Waals surface area contributed by atoms with Gasteiger partial charge in [-0.05, 0) is 51.5 Å². The number of allylic oxidation sites excluding steroid dienone is 2. The molecule has 0 bridgehead atoms. The van der Waals surface area contributed by atoms with Crippen LogP contribution in [0.15, 0.2) is 12.2 Å². The molecule has 0 aromatic heterocycles. The van der Waals surface area contributed by atoms with E-state index in [1.165, 1.54) is 6.21 Å². The van der Waals surface area contributed by atoms with Crippen molar-refractivity contribution in [2.75, 3.05) is 19.6 Å². The van der Waals surface area contributed by atoms with Gasteiger partial charge in [-0.25, -0.2) is 0 Å². The summed E-state index contributed by atoms with van der Waals surface area (Å²) in [6, 6.07) is 2.50. The minimum atomic E-state index is -0.149. The average Bonchev–Trinajstić information content (AvgIpc) is 2.35. The van der Waals surface area contributed by atoms with Crippen LogP contribution in [0.25, 0.3) is 0 Å². The topological polar surface area (TPSA) is 50.9 Å². The molecule has 1 aliphatic heterocycles. The summed E-state index contributed by atoms with van der Waals surface area (Å²) in [5.74, 6) is 0. The number of rotatable bonds is 5. The van der Waals surface area contributed by atoms with Crippen molar-refractivity contribution in [1.82, 2.24) is 4.90 Å². The van der Waals surface area contributed by atoms with Gasteiger partial charge in [0.1, 0.15) is 0 Å². The fourth-order valence-electron chi connectivity index (χ4n) is 2.13. The first-order valence-electron chi connectivity index (χ1n) is 6.04. The molecule has 3 nitrogen and oxygen atoms in total. The van der Waals surface area contributed by atoms with E-state index >= 15 is 0 Å². The van der Waals surface area contributed by atoms with E-state index < -0.39 is 0 Å². The summed E-state index contributed by atoms with van der Waals surface area (Å²) in [7, 11) is 0. The van der Waals surface area contributed by atoms with E-state index in [0.717, 1.165) is 38.9 Å². The van der Waals surface area contributed by atoms with Gasteiger partial charge in [0.05, 0.1) is 11.5 Å². The van der Waals surface area contributed by atoms with E-state index in [-0.39, 0.29) is 5.41 Å². The number of hydrogen-bond acceptors (Lipinski definition) is 3. The molecule has 1 rings (SSSR count). The van der Waals surface area contributed by atoms with E-state index in [2.05, 4.69) is 24.0 Å². The Balaban J connectivity index is 2.47. The Morgan fingerprint density at radius 1 is 1.38 bits per heavy atom. The quantitative estimate of drug-likeness (QED) is 0.570. The van der Waals surface area contributed by atoms with E-state index in [9.17, 15) is 5.26 Å². The predicted octanol–water partition coefficient (Wildman–Crippen LogP) is 2.60. The van der Waals surface area contributed by atoms with Gasteiger partial charge < -0.3 is 10.3 Å². The number of likely N-dealkylation sites (tertiary alicyclic amines) is 1. The first kappa shape index (κ1) is 12.9. The summed E-state index contributed by atoms with van der Waals surface area (Å²) in [4.78, 5) is 2.40. The number of nitrogens with one attached hydrogen (secondary N) is 1. The third-order valence-electron chi connectivity index (χ3n) is 3.43. The van der Waals surface area contributed by atoms with Crippen molar-refractivity contribution in [2.45, 2.75) is 32.6 Å². The van der Waals surface area contributed by atoms with Crippen LogP contribution in [-0.4, -0.2) is 30.7 Å². The molecule has 16 heavy (non-hydrogen) atoms. The minimum absolute atomic E-state index is 0.149. The molecule has 0 saturated carbocycles. The van der Waals surface area contributed by atoms with E-state index in [1.54, 1.807) is 0 Å². The second-order valence-electron chi connectivity index (χ2n) is 4.44. The molecule has 1 fully saturated rings. The SMILES string of the molecule is CCN1CCC(C#N)(CC=CCC=N)CC1. The van der Waals surface area contributed by atoms with Gasteiger partial charge in [0.25, 0.3) is 0 Å². The Morgan fingerprint density at radius 3 is 2.56 bits per heavy atom. The van der Waals surface area contributed by atoms with E-state index in [4.69, 9.17) is 5.41 Å². The number of nitriles is 1. The largest absolute Gasteiger partial charge is 0.313 e. The molecule has 3 heteroatoms. The molecule has 0 unspecified atom stereocenters. The minimum Gasteiger partial charge on any atom is -0.313 e. The summed E-state index contributed by atoms with van der Waals surface area (Å²) >= 11 is 0. The van der Waals surface area contributed by atoms with Crippen molar-refractivity contribution in [2.24, 2.45) is 5.41 Å². The van der Waals surface area contributed by atoms with Crippen molar-refractivity contribution in [3.63, 3.8) is 0 Å². The molecule has 0 spiro atoms. The second-order valence-corrected chi connectivity index (χ2v) is 4.44. The zero-order chi connectivity index (χ0) is 11.9. The molecular formula is C13H21N3. The van der Waals surface area contributed by atoms with Crippen molar-refractivity contribution in [3.05, 3.63) is 12.2 Å². The molecule has 0 atom stereocenters. The summed E-state index contributed by atoms with van der Waals surface area (Å²) in [6.07, 6.45) is 8.92.